The molecule has 0 amide bonds. The maximum Gasteiger partial charge on any atom is 0.256 e. The fraction of sp³-hybridized carbons (Fsp3) is 0.118. The van der Waals surface area contributed by atoms with E-state index >= 15 is 0 Å². The van der Waals surface area contributed by atoms with Crippen molar-refractivity contribution in [3.8, 4) is 34.0 Å². The van der Waals surface area contributed by atoms with Crippen LogP contribution in [0.15, 0.2) is 211 Å². The summed E-state index contributed by atoms with van der Waals surface area (Å²) in [6.07, 6.45) is 2.90. The van der Waals surface area contributed by atoms with Crippen molar-refractivity contribution in [1.29, 1.82) is 0 Å². The van der Waals surface area contributed by atoms with Crippen LogP contribution >= 0.6 is 0 Å². The highest BCUT2D eigenvalue weighted by atomic mass is 16.5. The fourth-order valence-electron chi connectivity index (χ4n) is 12.7. The van der Waals surface area contributed by atoms with Gasteiger partial charge in [0.2, 0.25) is 0 Å². The Labute approximate surface area is 430 Å². The van der Waals surface area contributed by atoms with Gasteiger partial charge in [-0.25, -0.2) is 0 Å². The molecule has 0 unspecified atom stereocenters. The summed E-state index contributed by atoms with van der Waals surface area (Å²) in [6.45, 7) is 9.12. The van der Waals surface area contributed by atoms with Gasteiger partial charge in [-0.05, 0) is 113 Å². The van der Waals surface area contributed by atoms with E-state index in [-0.39, 0.29) is 12.1 Å². The maximum absolute atomic E-state index is 7.46. The Balaban J connectivity index is 1.06. The highest BCUT2D eigenvalue weighted by molar-refractivity contribution is 6.99. The smallest absolute Gasteiger partial charge is 0.256 e. The van der Waals surface area contributed by atoms with E-state index in [9.17, 15) is 0 Å². The third-order valence-corrected chi connectivity index (χ3v) is 16.1. The molecule has 0 saturated heterocycles. The van der Waals surface area contributed by atoms with Gasteiger partial charge in [-0.15, -0.1) is 0 Å². The van der Waals surface area contributed by atoms with Gasteiger partial charge < -0.3 is 23.2 Å². The number of unbranched alkanes of at least 4 members (excludes halogenated alkanes) is 1. The van der Waals surface area contributed by atoms with E-state index in [1.807, 2.05) is 0 Å². The molecule has 0 radical (unpaired) electrons. The van der Waals surface area contributed by atoms with Crippen LogP contribution in [0.3, 0.4) is 0 Å². The quantitative estimate of drug-likeness (QED) is 0.149. The Morgan fingerprint density at radius 2 is 1.04 bits per heavy atom. The summed E-state index contributed by atoms with van der Waals surface area (Å²) in [5.41, 5.74) is 20.3. The molecule has 10 aromatic carbocycles. The van der Waals surface area contributed by atoms with Gasteiger partial charge in [0.05, 0.1) is 27.8 Å². The van der Waals surface area contributed by atoms with Crippen LogP contribution in [0, 0.1) is 0 Å². The SMILES string of the molecule is CCCCc1c(N2c3cc(-n4c5ccccc5c5ccccc54)ccc3B3c4ccc(-n5c6ccccc6c6ccccc65)cc4Oc4cc(C(C)(C)C)cc2c43)c(-c2ccccc2)cc2c1oc1ccccc12. The molecule has 0 N–H and O–H groups in total. The first kappa shape index (κ1) is 42.9. The molecule has 0 spiro atoms. The lowest BCUT2D eigenvalue weighted by atomic mass is 9.34. The number of aryl methyl sites for hydroxylation is 1. The summed E-state index contributed by atoms with van der Waals surface area (Å²) in [4.78, 5) is 2.62. The largest absolute Gasteiger partial charge is 0.458 e. The minimum Gasteiger partial charge on any atom is -0.458 e. The average molecular weight is 954 g/mol. The van der Waals surface area contributed by atoms with E-state index in [0.29, 0.717) is 0 Å². The molecule has 3 aromatic heterocycles. The lowest BCUT2D eigenvalue weighted by Gasteiger charge is -2.42. The van der Waals surface area contributed by atoms with E-state index in [1.54, 1.807) is 0 Å². The number of fused-ring (bicyclic) bond motifs is 13. The first-order chi connectivity index (χ1) is 36.3. The molecular weight excluding hydrogens is 902 g/mol. The minimum atomic E-state index is -0.206. The average Bonchev–Trinajstić information content (AvgIpc) is 4.10. The molecule has 0 saturated carbocycles. The Kier molecular flexibility index (Phi) is 9.35. The lowest BCUT2D eigenvalue weighted by Crippen LogP contribution is -2.59. The molecule has 354 valence electrons. The van der Waals surface area contributed by atoms with Crippen molar-refractivity contribution < 1.29 is 9.15 Å². The third kappa shape index (κ3) is 6.24. The molecule has 13 aromatic rings. The second-order valence-electron chi connectivity index (χ2n) is 21.4. The van der Waals surface area contributed by atoms with E-state index in [0.717, 1.165) is 92.2 Å². The van der Waals surface area contributed by atoms with Crippen molar-refractivity contribution in [2.24, 2.45) is 0 Å². The Morgan fingerprint density at radius 1 is 0.486 bits per heavy atom. The third-order valence-electron chi connectivity index (χ3n) is 16.1. The summed E-state index contributed by atoms with van der Waals surface area (Å²) in [7, 11) is 0. The van der Waals surface area contributed by atoms with Crippen LogP contribution in [0.4, 0.5) is 17.1 Å². The zero-order chi connectivity index (χ0) is 49.4. The number of rotatable bonds is 7. The normalized spacial score (nSPS) is 13.1. The fourth-order valence-corrected chi connectivity index (χ4v) is 12.7. The minimum absolute atomic E-state index is 0.127. The molecular formula is C68H52BN3O2. The second kappa shape index (κ2) is 16.1. The predicted molar refractivity (Wildman–Crippen MR) is 311 cm³/mol. The molecule has 0 atom stereocenters. The number of ether oxygens (including phenoxy) is 1. The van der Waals surface area contributed by atoms with Crippen LogP contribution in [0.2, 0.25) is 0 Å². The molecule has 2 aliphatic rings. The molecule has 0 bridgehead atoms. The molecule has 5 nitrogen and oxygen atoms in total. The maximum atomic E-state index is 7.46. The number of anilines is 3. The summed E-state index contributed by atoms with van der Waals surface area (Å²) >= 11 is 0. The number of furan rings is 1. The molecule has 0 fully saturated rings. The van der Waals surface area contributed by atoms with E-state index in [1.165, 1.54) is 71.2 Å². The van der Waals surface area contributed by atoms with Gasteiger partial charge in [0.1, 0.15) is 22.7 Å². The highest BCUT2D eigenvalue weighted by Crippen LogP contribution is 2.51. The summed E-state index contributed by atoms with van der Waals surface area (Å²) < 4.78 is 19.4. The molecule has 6 heteroatoms. The van der Waals surface area contributed by atoms with Crippen molar-refractivity contribution in [3.05, 3.63) is 217 Å². The summed E-state index contributed by atoms with van der Waals surface area (Å²) in [5.74, 6) is 1.77. The first-order valence-corrected chi connectivity index (χ1v) is 26.3. The van der Waals surface area contributed by atoms with Crippen LogP contribution in [0.25, 0.3) is 88.1 Å². The molecule has 5 heterocycles. The Morgan fingerprint density at radius 3 is 1.65 bits per heavy atom. The number of benzene rings is 10. The van der Waals surface area contributed by atoms with Crippen LogP contribution < -0.4 is 26.0 Å². The molecule has 0 aliphatic carbocycles. The van der Waals surface area contributed by atoms with Gasteiger partial charge >= 0.3 is 0 Å². The Hall–Kier alpha value is -8.74. The predicted octanol–water partition coefficient (Wildman–Crippen LogP) is 16.5. The number of hydrogen-bond donors (Lipinski definition) is 0. The van der Waals surface area contributed by atoms with Crippen molar-refractivity contribution in [3.63, 3.8) is 0 Å². The molecule has 15 rings (SSSR count). The molecule has 74 heavy (non-hydrogen) atoms. The second-order valence-corrected chi connectivity index (χ2v) is 21.4. The van der Waals surface area contributed by atoms with Crippen LogP contribution in [0.1, 0.15) is 51.7 Å². The van der Waals surface area contributed by atoms with Crippen molar-refractivity contribution in [1.82, 2.24) is 9.13 Å². The summed E-state index contributed by atoms with van der Waals surface area (Å²) in [5, 5.41) is 7.23. The van der Waals surface area contributed by atoms with E-state index in [4.69, 9.17) is 9.15 Å². The van der Waals surface area contributed by atoms with Crippen LogP contribution in [-0.4, -0.2) is 15.8 Å². The zero-order valence-corrected chi connectivity index (χ0v) is 42.0. The lowest BCUT2D eigenvalue weighted by molar-refractivity contribution is 0.483. The van der Waals surface area contributed by atoms with Crippen molar-refractivity contribution in [2.75, 3.05) is 4.90 Å². The van der Waals surface area contributed by atoms with Gasteiger partial charge in [0, 0.05) is 72.3 Å². The summed E-state index contributed by atoms with van der Waals surface area (Å²) in [6, 6.07) is 76.1. The monoisotopic (exact) mass is 953 g/mol. The van der Waals surface area contributed by atoms with Crippen LogP contribution in [0.5, 0.6) is 11.5 Å². The van der Waals surface area contributed by atoms with Gasteiger partial charge in [-0.2, -0.15) is 0 Å². The van der Waals surface area contributed by atoms with Gasteiger partial charge in [0.15, 0.2) is 0 Å². The van der Waals surface area contributed by atoms with Gasteiger partial charge in [-0.1, -0.05) is 168 Å². The first-order valence-electron chi connectivity index (χ1n) is 26.3. The number of para-hydroxylation sites is 5. The standard InChI is InChI=1S/C68H52BN3O2/c1-5-6-22-51-66(52(42-20-8-7-9-21-42)41-53-50-27-14-19-32-62(50)74-67(51)53)72-60-39-44(70-56-28-15-10-23-46(56)47-24-11-16-29-57(47)70)33-35-54(60)69-55-36-34-45(71-58-30-17-12-25-48(58)49-26-13-18-31-59(49)71)40-63(55)73-64-38-43(68(2,3)4)37-61(72)65(64)69/h7-21,23-41H,5-6,22H2,1-4H3. The van der Waals surface area contributed by atoms with E-state index in [2.05, 4.69) is 248 Å². The molecule has 2 aliphatic heterocycles. The Bertz CT molecular complexity index is 4350. The van der Waals surface area contributed by atoms with Gasteiger partial charge in [0.25, 0.3) is 6.71 Å². The van der Waals surface area contributed by atoms with Gasteiger partial charge in [-0.3, -0.25) is 0 Å². The zero-order valence-electron chi connectivity index (χ0n) is 42.0. The van der Waals surface area contributed by atoms with Crippen LogP contribution in [-0.2, 0) is 11.8 Å². The highest BCUT2D eigenvalue weighted by Gasteiger charge is 2.44. The number of aromatic nitrogens is 2. The number of nitrogens with zero attached hydrogens (tertiary/aromatic N) is 3. The number of hydrogen-bond acceptors (Lipinski definition) is 3. The topological polar surface area (TPSA) is 35.5 Å². The van der Waals surface area contributed by atoms with Crippen molar-refractivity contribution in [2.45, 2.75) is 52.4 Å². The van der Waals surface area contributed by atoms with E-state index < -0.39 is 0 Å². The van der Waals surface area contributed by atoms with Crippen molar-refractivity contribution >= 4 is 106 Å².